The van der Waals surface area contributed by atoms with Gasteiger partial charge in [-0.05, 0) is 12.0 Å². The molecule has 0 atom stereocenters. The Morgan fingerprint density at radius 3 is 2.85 bits per heavy atom. The molecule has 0 fully saturated rings. The smallest absolute Gasteiger partial charge is 0.255 e. The van der Waals surface area contributed by atoms with Gasteiger partial charge in [-0.1, -0.05) is 41.9 Å². The van der Waals surface area contributed by atoms with E-state index in [4.69, 9.17) is 11.6 Å². The van der Waals surface area contributed by atoms with E-state index in [0.717, 1.165) is 18.8 Å². The molecule has 0 unspecified atom stereocenters. The third kappa shape index (κ3) is 2.58. The highest BCUT2D eigenvalue weighted by Crippen LogP contribution is 2.18. The summed E-state index contributed by atoms with van der Waals surface area (Å²) in [5.41, 5.74) is 1.30. The first-order valence-corrected chi connectivity index (χ1v) is 6.73. The van der Waals surface area contributed by atoms with Crippen molar-refractivity contribution >= 4 is 23.2 Å². The van der Waals surface area contributed by atoms with Crippen molar-refractivity contribution in [3.05, 3.63) is 53.4 Å². The van der Waals surface area contributed by atoms with Gasteiger partial charge in [-0.2, -0.15) is 19.6 Å². The second kappa shape index (κ2) is 5.46. The van der Waals surface area contributed by atoms with Gasteiger partial charge in [-0.25, -0.2) is 0 Å². The number of aromatic nitrogens is 4. The van der Waals surface area contributed by atoms with Crippen molar-refractivity contribution in [1.29, 1.82) is 0 Å². The first kappa shape index (κ1) is 12.9. The molecule has 3 aromatic rings. The van der Waals surface area contributed by atoms with Crippen molar-refractivity contribution < 1.29 is 0 Å². The number of hydrogen-bond acceptors (Lipinski definition) is 4. The lowest BCUT2D eigenvalue weighted by molar-refractivity contribution is 0.815. The average molecular weight is 288 g/mol. The summed E-state index contributed by atoms with van der Waals surface area (Å²) in [6.07, 6.45) is 2.43. The summed E-state index contributed by atoms with van der Waals surface area (Å²) >= 11 is 6.02. The molecule has 0 radical (unpaired) electrons. The Morgan fingerprint density at radius 2 is 2.05 bits per heavy atom. The maximum Gasteiger partial charge on any atom is 0.255 e. The molecule has 102 valence electrons. The van der Waals surface area contributed by atoms with Gasteiger partial charge in [0.25, 0.3) is 5.78 Å². The highest BCUT2D eigenvalue weighted by atomic mass is 35.5. The fourth-order valence-corrected chi connectivity index (χ4v) is 2.27. The van der Waals surface area contributed by atoms with Crippen LogP contribution in [-0.2, 0) is 6.42 Å². The first-order valence-electron chi connectivity index (χ1n) is 6.35. The molecule has 6 heteroatoms. The molecular weight excluding hydrogens is 274 g/mol. The van der Waals surface area contributed by atoms with Crippen LogP contribution in [-0.4, -0.2) is 33.2 Å². The molecule has 0 spiro atoms. The summed E-state index contributed by atoms with van der Waals surface area (Å²) in [7, 11) is 2.01. The van der Waals surface area contributed by atoms with Crippen molar-refractivity contribution in [3.8, 4) is 0 Å². The van der Waals surface area contributed by atoms with Crippen molar-refractivity contribution in [1.82, 2.24) is 19.6 Å². The van der Waals surface area contributed by atoms with Gasteiger partial charge in [-0.15, -0.1) is 0 Å². The summed E-state index contributed by atoms with van der Waals surface area (Å²) in [6.45, 7) is 0.860. The zero-order chi connectivity index (χ0) is 13.9. The molecule has 0 bridgehead atoms. The minimum atomic E-state index is 0.423. The van der Waals surface area contributed by atoms with Gasteiger partial charge in [0.1, 0.15) is 17.3 Å². The summed E-state index contributed by atoms with van der Waals surface area (Å²) < 4.78 is 1.69. The van der Waals surface area contributed by atoms with E-state index in [1.54, 1.807) is 10.6 Å². The summed E-state index contributed by atoms with van der Waals surface area (Å²) in [5, 5.41) is 4.60. The number of hydrogen-bond donors (Lipinski definition) is 0. The predicted octanol–water partition coefficient (Wildman–Crippen LogP) is 2.46. The van der Waals surface area contributed by atoms with Crippen molar-refractivity contribution in [3.63, 3.8) is 0 Å². The Bertz CT molecular complexity index is 710. The Hall–Kier alpha value is -2.14. The molecule has 2 heterocycles. The number of benzene rings is 1. The number of rotatable bonds is 4. The molecule has 0 amide bonds. The monoisotopic (exact) mass is 287 g/mol. The van der Waals surface area contributed by atoms with Gasteiger partial charge in [0, 0.05) is 19.7 Å². The van der Waals surface area contributed by atoms with Crippen LogP contribution in [0.25, 0.3) is 5.78 Å². The van der Waals surface area contributed by atoms with Crippen molar-refractivity contribution in [2.24, 2.45) is 0 Å². The molecule has 0 aliphatic heterocycles. The van der Waals surface area contributed by atoms with Gasteiger partial charge in [0.15, 0.2) is 0 Å². The Morgan fingerprint density at radius 1 is 1.25 bits per heavy atom. The molecule has 2 aromatic heterocycles. The van der Waals surface area contributed by atoms with E-state index in [1.807, 2.05) is 25.2 Å². The van der Waals surface area contributed by atoms with Crippen LogP contribution in [0.15, 0.2) is 42.7 Å². The van der Waals surface area contributed by atoms with E-state index in [2.05, 4.69) is 32.1 Å². The molecule has 0 N–H and O–H groups in total. The first-order chi connectivity index (χ1) is 9.74. The molecule has 0 aliphatic carbocycles. The zero-order valence-electron chi connectivity index (χ0n) is 11.1. The second-order valence-corrected chi connectivity index (χ2v) is 4.95. The normalized spacial score (nSPS) is 10.9. The highest BCUT2D eigenvalue weighted by molar-refractivity contribution is 6.29. The number of nitrogens with zero attached hydrogens (tertiary/aromatic N) is 5. The van der Waals surface area contributed by atoms with Crippen molar-refractivity contribution in [2.75, 3.05) is 18.5 Å². The van der Waals surface area contributed by atoms with Crippen LogP contribution in [0.4, 0.5) is 5.82 Å². The second-order valence-electron chi connectivity index (χ2n) is 4.57. The number of likely N-dealkylation sites (N-methyl/N-ethyl adjacent to an activating group) is 1. The van der Waals surface area contributed by atoms with E-state index in [0.29, 0.717) is 10.9 Å². The third-order valence-electron chi connectivity index (χ3n) is 3.17. The maximum absolute atomic E-state index is 6.02. The van der Waals surface area contributed by atoms with Gasteiger partial charge >= 0.3 is 0 Å². The Labute approximate surface area is 121 Å². The Kier molecular flexibility index (Phi) is 3.52. The molecular formula is C14H14ClN5. The molecule has 0 aliphatic rings. The molecule has 5 nitrogen and oxygen atoms in total. The molecule has 0 saturated carbocycles. The quantitative estimate of drug-likeness (QED) is 0.692. The maximum atomic E-state index is 6.02. The van der Waals surface area contributed by atoms with Crippen molar-refractivity contribution in [2.45, 2.75) is 6.42 Å². The summed E-state index contributed by atoms with van der Waals surface area (Å²) in [5.74, 6) is 1.40. The number of fused-ring (bicyclic) bond motifs is 1. The van der Waals surface area contributed by atoms with Crippen LogP contribution < -0.4 is 4.90 Å². The van der Waals surface area contributed by atoms with Gasteiger partial charge in [0.2, 0.25) is 0 Å². The van der Waals surface area contributed by atoms with E-state index < -0.39 is 0 Å². The van der Waals surface area contributed by atoms with Crippen LogP contribution in [0.1, 0.15) is 5.56 Å². The number of anilines is 1. The van der Waals surface area contributed by atoms with Crippen LogP contribution in [0.3, 0.4) is 0 Å². The highest BCUT2D eigenvalue weighted by Gasteiger charge is 2.10. The standard InChI is InChI=1S/C14H14ClN5/c1-19(8-7-11-5-3-2-4-6-11)13-9-12(15)18-14-16-10-17-20(13)14/h2-6,9-10H,7-8H2,1H3. The Balaban J connectivity index is 1.82. The lowest BCUT2D eigenvalue weighted by Crippen LogP contribution is -2.23. The molecule has 1 aromatic carbocycles. The fourth-order valence-electron chi connectivity index (χ4n) is 2.10. The zero-order valence-corrected chi connectivity index (χ0v) is 11.8. The largest absolute Gasteiger partial charge is 0.359 e. The van der Waals surface area contributed by atoms with E-state index in [-0.39, 0.29) is 0 Å². The summed E-state index contributed by atoms with van der Waals surface area (Å²) in [6, 6.07) is 12.2. The van der Waals surface area contributed by atoms with Crippen LogP contribution in [0, 0.1) is 0 Å². The SMILES string of the molecule is CN(CCc1ccccc1)c1cc(Cl)nc2ncnn12. The minimum absolute atomic E-state index is 0.423. The summed E-state index contributed by atoms with van der Waals surface area (Å²) in [4.78, 5) is 10.3. The minimum Gasteiger partial charge on any atom is -0.359 e. The average Bonchev–Trinajstić information content (AvgIpc) is 2.93. The predicted molar refractivity (Wildman–Crippen MR) is 79.2 cm³/mol. The van der Waals surface area contributed by atoms with E-state index in [9.17, 15) is 0 Å². The molecule has 20 heavy (non-hydrogen) atoms. The van der Waals surface area contributed by atoms with Gasteiger partial charge < -0.3 is 4.90 Å². The topological polar surface area (TPSA) is 46.3 Å². The third-order valence-corrected chi connectivity index (χ3v) is 3.37. The fraction of sp³-hybridized carbons (Fsp3) is 0.214. The van der Waals surface area contributed by atoms with Gasteiger partial charge in [0.05, 0.1) is 0 Å². The van der Waals surface area contributed by atoms with Crippen LogP contribution >= 0.6 is 11.6 Å². The van der Waals surface area contributed by atoms with E-state index in [1.165, 1.54) is 11.9 Å². The lowest BCUT2D eigenvalue weighted by Gasteiger charge is -2.19. The molecule has 0 saturated heterocycles. The van der Waals surface area contributed by atoms with Crippen LogP contribution in [0.5, 0.6) is 0 Å². The van der Waals surface area contributed by atoms with E-state index >= 15 is 0 Å². The number of halogens is 1. The van der Waals surface area contributed by atoms with Crippen LogP contribution in [0.2, 0.25) is 5.15 Å². The van der Waals surface area contributed by atoms with Gasteiger partial charge in [-0.3, -0.25) is 0 Å². The molecule has 3 rings (SSSR count). The lowest BCUT2D eigenvalue weighted by atomic mass is 10.1.